The summed E-state index contributed by atoms with van der Waals surface area (Å²) in [5.74, 6) is 0. The van der Waals surface area contributed by atoms with Crippen molar-refractivity contribution in [3.63, 3.8) is 0 Å². The lowest BCUT2D eigenvalue weighted by atomic mass is 10.3. The largest absolute Gasteiger partial charge is 0.382 e. The maximum atomic E-state index is 5.55. The Morgan fingerprint density at radius 3 is 2.24 bits per heavy atom. The van der Waals surface area contributed by atoms with Gasteiger partial charge >= 0.3 is 0 Å². The smallest absolute Gasteiger partial charge is 0.0518 e. The Kier molecular flexibility index (Phi) is 12.3. The van der Waals surface area contributed by atoms with E-state index in [0.717, 1.165) is 39.3 Å². The van der Waals surface area contributed by atoms with Gasteiger partial charge in [-0.15, -0.1) is 0 Å². The standard InChI is InChI=1S/C14H31NO2/c1-5-15(10-7-8-12-16-6-2)11-9-13-17-14(3)4/h14H,5-13H2,1-4H3. The first-order valence-electron chi connectivity index (χ1n) is 7.12. The second kappa shape index (κ2) is 12.3. The van der Waals surface area contributed by atoms with Crippen LogP contribution in [0.1, 0.15) is 47.0 Å². The average Bonchev–Trinajstić information content (AvgIpc) is 2.31. The van der Waals surface area contributed by atoms with Gasteiger partial charge in [0, 0.05) is 26.4 Å². The van der Waals surface area contributed by atoms with Crippen molar-refractivity contribution in [3.05, 3.63) is 0 Å². The Labute approximate surface area is 107 Å². The van der Waals surface area contributed by atoms with E-state index in [0.29, 0.717) is 6.10 Å². The lowest BCUT2D eigenvalue weighted by Crippen LogP contribution is -2.27. The van der Waals surface area contributed by atoms with Crippen molar-refractivity contribution in [3.8, 4) is 0 Å². The van der Waals surface area contributed by atoms with E-state index in [1.54, 1.807) is 0 Å². The maximum absolute atomic E-state index is 5.55. The average molecular weight is 245 g/mol. The summed E-state index contributed by atoms with van der Waals surface area (Å²) >= 11 is 0. The summed E-state index contributed by atoms with van der Waals surface area (Å²) in [6.45, 7) is 14.6. The SMILES string of the molecule is CCOCCCCN(CC)CCCOC(C)C. The molecule has 0 rings (SSSR count). The molecule has 0 aliphatic rings. The first-order chi connectivity index (χ1) is 8.20. The van der Waals surface area contributed by atoms with Crippen LogP contribution in [0.2, 0.25) is 0 Å². The normalized spacial score (nSPS) is 11.6. The van der Waals surface area contributed by atoms with Crippen LogP contribution in [0.4, 0.5) is 0 Å². The number of nitrogens with zero attached hydrogens (tertiary/aromatic N) is 1. The molecule has 0 bridgehead atoms. The van der Waals surface area contributed by atoms with Gasteiger partial charge in [0.1, 0.15) is 0 Å². The van der Waals surface area contributed by atoms with Crippen LogP contribution in [0.15, 0.2) is 0 Å². The molecule has 3 heteroatoms. The predicted molar refractivity (Wildman–Crippen MR) is 73.5 cm³/mol. The Balaban J connectivity index is 3.36. The first-order valence-corrected chi connectivity index (χ1v) is 7.12. The first kappa shape index (κ1) is 16.9. The molecule has 0 aromatic carbocycles. The van der Waals surface area contributed by atoms with Crippen molar-refractivity contribution in [1.82, 2.24) is 4.90 Å². The van der Waals surface area contributed by atoms with Crippen molar-refractivity contribution in [2.45, 2.75) is 53.1 Å². The van der Waals surface area contributed by atoms with Gasteiger partial charge in [0.15, 0.2) is 0 Å². The van der Waals surface area contributed by atoms with E-state index >= 15 is 0 Å². The highest BCUT2D eigenvalue weighted by atomic mass is 16.5. The quantitative estimate of drug-likeness (QED) is 0.493. The van der Waals surface area contributed by atoms with Crippen molar-refractivity contribution in [2.75, 3.05) is 39.5 Å². The summed E-state index contributed by atoms with van der Waals surface area (Å²) in [6.07, 6.45) is 3.90. The summed E-state index contributed by atoms with van der Waals surface area (Å²) in [6, 6.07) is 0. The van der Waals surface area contributed by atoms with Crippen LogP contribution in [0.3, 0.4) is 0 Å². The Morgan fingerprint density at radius 2 is 1.65 bits per heavy atom. The fourth-order valence-electron chi connectivity index (χ4n) is 1.72. The van der Waals surface area contributed by atoms with Gasteiger partial charge in [-0.25, -0.2) is 0 Å². The molecule has 104 valence electrons. The van der Waals surface area contributed by atoms with Crippen LogP contribution < -0.4 is 0 Å². The number of hydrogen-bond acceptors (Lipinski definition) is 3. The Hall–Kier alpha value is -0.120. The van der Waals surface area contributed by atoms with Crippen LogP contribution in [-0.4, -0.2) is 50.5 Å². The molecule has 0 N–H and O–H groups in total. The van der Waals surface area contributed by atoms with E-state index in [-0.39, 0.29) is 0 Å². The van der Waals surface area contributed by atoms with E-state index in [4.69, 9.17) is 9.47 Å². The molecule has 0 spiro atoms. The molecule has 0 aromatic heterocycles. The third-order valence-electron chi connectivity index (χ3n) is 2.73. The third-order valence-corrected chi connectivity index (χ3v) is 2.73. The minimum absolute atomic E-state index is 0.358. The van der Waals surface area contributed by atoms with Crippen molar-refractivity contribution >= 4 is 0 Å². The zero-order valence-corrected chi connectivity index (χ0v) is 12.2. The minimum Gasteiger partial charge on any atom is -0.382 e. The molecule has 17 heavy (non-hydrogen) atoms. The highest BCUT2D eigenvalue weighted by Crippen LogP contribution is 1.99. The molecule has 0 unspecified atom stereocenters. The van der Waals surface area contributed by atoms with Gasteiger partial charge in [-0.1, -0.05) is 6.92 Å². The predicted octanol–water partition coefficient (Wildman–Crippen LogP) is 2.94. The van der Waals surface area contributed by atoms with E-state index < -0.39 is 0 Å². The van der Waals surface area contributed by atoms with Gasteiger partial charge in [-0.05, 0) is 53.1 Å². The molecule has 0 saturated carbocycles. The van der Waals surface area contributed by atoms with Crippen LogP contribution in [-0.2, 0) is 9.47 Å². The highest BCUT2D eigenvalue weighted by Gasteiger charge is 2.02. The zero-order valence-electron chi connectivity index (χ0n) is 12.2. The zero-order chi connectivity index (χ0) is 12.9. The van der Waals surface area contributed by atoms with Gasteiger partial charge < -0.3 is 14.4 Å². The summed E-state index contributed by atoms with van der Waals surface area (Å²) in [5, 5.41) is 0. The van der Waals surface area contributed by atoms with Crippen molar-refractivity contribution < 1.29 is 9.47 Å². The molecule has 0 fully saturated rings. The fourth-order valence-corrected chi connectivity index (χ4v) is 1.72. The van der Waals surface area contributed by atoms with E-state index in [2.05, 4.69) is 25.7 Å². The highest BCUT2D eigenvalue weighted by molar-refractivity contribution is 4.56. The molecular weight excluding hydrogens is 214 g/mol. The number of rotatable bonds is 12. The van der Waals surface area contributed by atoms with Gasteiger partial charge in [0.2, 0.25) is 0 Å². The molecular formula is C14H31NO2. The second-order valence-corrected chi connectivity index (χ2v) is 4.61. The third kappa shape index (κ3) is 12.1. The molecule has 0 saturated heterocycles. The minimum atomic E-state index is 0.358. The summed E-state index contributed by atoms with van der Waals surface area (Å²) in [5.41, 5.74) is 0. The van der Waals surface area contributed by atoms with Gasteiger partial charge in [-0.3, -0.25) is 0 Å². The maximum Gasteiger partial charge on any atom is 0.0518 e. The van der Waals surface area contributed by atoms with Crippen LogP contribution >= 0.6 is 0 Å². The summed E-state index contributed by atoms with van der Waals surface area (Å²) < 4.78 is 10.9. The molecule has 0 aromatic rings. The Morgan fingerprint density at radius 1 is 0.941 bits per heavy atom. The van der Waals surface area contributed by atoms with E-state index in [1.807, 2.05) is 6.92 Å². The van der Waals surface area contributed by atoms with E-state index in [1.165, 1.54) is 19.4 Å². The lowest BCUT2D eigenvalue weighted by Gasteiger charge is -2.20. The topological polar surface area (TPSA) is 21.7 Å². The molecule has 0 radical (unpaired) electrons. The number of ether oxygens (including phenoxy) is 2. The molecule has 0 heterocycles. The van der Waals surface area contributed by atoms with Crippen LogP contribution in [0.5, 0.6) is 0 Å². The van der Waals surface area contributed by atoms with Gasteiger partial charge in [0.05, 0.1) is 6.10 Å². The lowest BCUT2D eigenvalue weighted by molar-refractivity contribution is 0.0704. The summed E-state index contributed by atoms with van der Waals surface area (Å²) in [4.78, 5) is 2.50. The van der Waals surface area contributed by atoms with Gasteiger partial charge in [-0.2, -0.15) is 0 Å². The number of hydrogen-bond donors (Lipinski definition) is 0. The monoisotopic (exact) mass is 245 g/mol. The van der Waals surface area contributed by atoms with Gasteiger partial charge in [0.25, 0.3) is 0 Å². The second-order valence-electron chi connectivity index (χ2n) is 4.61. The molecule has 0 aliphatic carbocycles. The van der Waals surface area contributed by atoms with Crippen LogP contribution in [0.25, 0.3) is 0 Å². The van der Waals surface area contributed by atoms with Crippen molar-refractivity contribution in [1.29, 1.82) is 0 Å². The molecule has 0 amide bonds. The molecule has 0 aliphatic heterocycles. The Bertz CT molecular complexity index is 151. The fraction of sp³-hybridized carbons (Fsp3) is 1.00. The number of unbranched alkanes of at least 4 members (excludes halogenated alkanes) is 1. The van der Waals surface area contributed by atoms with Crippen molar-refractivity contribution in [2.24, 2.45) is 0 Å². The van der Waals surface area contributed by atoms with E-state index in [9.17, 15) is 0 Å². The summed E-state index contributed by atoms with van der Waals surface area (Å²) in [7, 11) is 0. The molecule has 0 atom stereocenters. The van der Waals surface area contributed by atoms with Crippen LogP contribution in [0, 0.1) is 0 Å². The molecule has 3 nitrogen and oxygen atoms in total.